The smallest absolute Gasteiger partial charge is 0.337 e. The summed E-state index contributed by atoms with van der Waals surface area (Å²) in [4.78, 5) is 23.9. The van der Waals surface area contributed by atoms with Crippen molar-refractivity contribution in [1.82, 2.24) is 15.5 Å². The highest BCUT2D eigenvalue weighted by Crippen LogP contribution is 2.25. The number of benzene rings is 1. The number of esters is 1. The van der Waals surface area contributed by atoms with Gasteiger partial charge in [-0.2, -0.15) is 0 Å². The number of aromatic nitrogens is 2. The molecular weight excluding hydrogens is 330 g/mol. The summed E-state index contributed by atoms with van der Waals surface area (Å²) >= 11 is 1.21. The van der Waals surface area contributed by atoms with Gasteiger partial charge in [-0.15, -0.1) is 10.2 Å². The van der Waals surface area contributed by atoms with E-state index in [1.807, 2.05) is 6.92 Å². The molecule has 0 saturated heterocycles. The molecule has 2 amide bonds. The van der Waals surface area contributed by atoms with Crippen LogP contribution in [0.2, 0.25) is 0 Å². The number of nitrogens with one attached hydrogen (secondary N) is 2. The van der Waals surface area contributed by atoms with E-state index in [1.165, 1.54) is 18.4 Å². The minimum Gasteiger partial charge on any atom is -0.465 e. The van der Waals surface area contributed by atoms with Crippen LogP contribution in [0.4, 0.5) is 15.6 Å². The van der Waals surface area contributed by atoms with E-state index in [2.05, 4.69) is 25.6 Å². The molecule has 0 radical (unpaired) electrons. The number of nitrogens with two attached hydrogens (primary N) is 1. The van der Waals surface area contributed by atoms with Gasteiger partial charge in [0.05, 0.1) is 18.2 Å². The molecule has 0 aliphatic carbocycles. The summed E-state index contributed by atoms with van der Waals surface area (Å²) in [5.74, 6) is -0.469. The van der Waals surface area contributed by atoms with Gasteiger partial charge in [-0.3, -0.25) is 0 Å². The Morgan fingerprint density at radius 3 is 2.58 bits per heavy atom. The van der Waals surface area contributed by atoms with Crippen LogP contribution < -0.4 is 16.4 Å². The number of rotatable bonds is 4. The molecule has 1 heterocycles. The lowest BCUT2D eigenvalue weighted by Gasteiger charge is -2.23. The predicted molar refractivity (Wildman–Crippen MR) is 92.0 cm³/mol. The molecule has 0 spiro atoms. The van der Waals surface area contributed by atoms with Crippen LogP contribution in [0.15, 0.2) is 18.2 Å². The second kappa shape index (κ2) is 6.83. The normalized spacial score (nSPS) is 11.0. The predicted octanol–water partition coefficient (Wildman–Crippen LogP) is 2.27. The second-order valence-corrected chi connectivity index (χ2v) is 6.68. The van der Waals surface area contributed by atoms with Crippen LogP contribution in [0.5, 0.6) is 0 Å². The van der Waals surface area contributed by atoms with E-state index in [0.29, 0.717) is 21.4 Å². The molecule has 1 aromatic carbocycles. The number of nitrogen functional groups attached to an aromatic ring is 1. The third-order valence-electron chi connectivity index (χ3n) is 3.31. The van der Waals surface area contributed by atoms with Crippen molar-refractivity contribution in [2.75, 3.05) is 18.2 Å². The highest BCUT2D eigenvalue weighted by Gasteiger charge is 2.27. The van der Waals surface area contributed by atoms with Gasteiger partial charge >= 0.3 is 12.0 Å². The SMILES string of the molecule is COC(=O)c1ccc(C)c(NC(=O)NC(C)(C)c2nnc(N)s2)c1. The molecule has 8 nitrogen and oxygen atoms in total. The Hall–Kier alpha value is -2.68. The zero-order valence-electron chi connectivity index (χ0n) is 13.8. The van der Waals surface area contributed by atoms with Crippen molar-refractivity contribution in [2.24, 2.45) is 0 Å². The Kier molecular flexibility index (Phi) is 5.03. The second-order valence-electron chi connectivity index (χ2n) is 5.67. The molecule has 4 N–H and O–H groups in total. The highest BCUT2D eigenvalue weighted by molar-refractivity contribution is 7.15. The number of nitrogens with zero attached hydrogens (tertiary/aromatic N) is 2. The van der Waals surface area contributed by atoms with Crippen LogP contribution in [0.3, 0.4) is 0 Å². The lowest BCUT2D eigenvalue weighted by atomic mass is 10.1. The first-order valence-electron chi connectivity index (χ1n) is 7.10. The van der Waals surface area contributed by atoms with Crippen molar-refractivity contribution in [2.45, 2.75) is 26.3 Å². The number of methoxy groups -OCH3 is 1. The molecule has 24 heavy (non-hydrogen) atoms. The number of carbonyl (C=O) groups is 2. The van der Waals surface area contributed by atoms with E-state index in [9.17, 15) is 9.59 Å². The van der Waals surface area contributed by atoms with Gasteiger partial charge < -0.3 is 21.1 Å². The van der Waals surface area contributed by atoms with Crippen LogP contribution in [-0.2, 0) is 10.3 Å². The molecule has 0 aliphatic rings. The van der Waals surface area contributed by atoms with E-state index in [-0.39, 0.29) is 0 Å². The molecule has 2 rings (SSSR count). The van der Waals surface area contributed by atoms with Crippen molar-refractivity contribution in [3.63, 3.8) is 0 Å². The Morgan fingerprint density at radius 2 is 2.00 bits per heavy atom. The highest BCUT2D eigenvalue weighted by atomic mass is 32.1. The minimum absolute atomic E-state index is 0.335. The van der Waals surface area contributed by atoms with Crippen molar-refractivity contribution in [3.05, 3.63) is 34.3 Å². The molecule has 2 aromatic rings. The monoisotopic (exact) mass is 349 g/mol. The summed E-state index contributed by atoms with van der Waals surface area (Å²) in [6.07, 6.45) is 0. The quantitative estimate of drug-likeness (QED) is 0.729. The average molecular weight is 349 g/mol. The van der Waals surface area contributed by atoms with Gasteiger partial charge in [0.1, 0.15) is 5.01 Å². The Bertz CT molecular complexity index is 772. The number of urea groups is 1. The summed E-state index contributed by atoms with van der Waals surface area (Å²) < 4.78 is 4.68. The third kappa shape index (κ3) is 3.99. The number of anilines is 2. The van der Waals surface area contributed by atoms with Gasteiger partial charge in [-0.05, 0) is 38.5 Å². The number of carbonyl (C=O) groups excluding carboxylic acids is 2. The summed E-state index contributed by atoms with van der Waals surface area (Å²) in [5.41, 5.74) is 6.53. The van der Waals surface area contributed by atoms with Crippen LogP contribution >= 0.6 is 11.3 Å². The first kappa shape index (κ1) is 17.7. The maximum absolute atomic E-state index is 12.3. The largest absolute Gasteiger partial charge is 0.465 e. The average Bonchev–Trinajstić information content (AvgIpc) is 2.95. The topological polar surface area (TPSA) is 119 Å². The summed E-state index contributed by atoms with van der Waals surface area (Å²) in [6.45, 7) is 5.42. The standard InChI is InChI=1S/C15H19N5O3S/c1-8-5-6-9(11(21)23-4)7-10(8)17-14(22)18-15(2,3)12-19-20-13(16)24-12/h5-7H,1-4H3,(H2,16,20)(H2,17,18,22). The fourth-order valence-corrected chi connectivity index (χ4v) is 2.65. The number of amides is 2. The molecule has 0 atom stereocenters. The fourth-order valence-electron chi connectivity index (χ4n) is 1.98. The number of aryl methyl sites for hydroxylation is 1. The number of hydrogen-bond acceptors (Lipinski definition) is 7. The maximum Gasteiger partial charge on any atom is 0.337 e. The summed E-state index contributed by atoms with van der Waals surface area (Å²) in [6, 6.07) is 4.51. The Balaban J connectivity index is 2.13. The van der Waals surface area contributed by atoms with E-state index in [1.54, 1.807) is 32.0 Å². The van der Waals surface area contributed by atoms with Crippen LogP contribution in [0, 0.1) is 6.92 Å². The lowest BCUT2D eigenvalue weighted by Crippen LogP contribution is -2.43. The van der Waals surface area contributed by atoms with Gasteiger partial charge in [-0.25, -0.2) is 9.59 Å². The maximum atomic E-state index is 12.3. The first-order chi connectivity index (χ1) is 11.2. The number of ether oxygens (including phenoxy) is 1. The van der Waals surface area contributed by atoms with Crippen LogP contribution in [0.25, 0.3) is 0 Å². The van der Waals surface area contributed by atoms with Gasteiger partial charge in [0.25, 0.3) is 0 Å². The van der Waals surface area contributed by atoms with Crippen molar-refractivity contribution in [1.29, 1.82) is 0 Å². The molecule has 9 heteroatoms. The van der Waals surface area contributed by atoms with Gasteiger partial charge in [0.2, 0.25) is 5.13 Å². The Morgan fingerprint density at radius 1 is 1.29 bits per heavy atom. The van der Waals surface area contributed by atoms with Crippen LogP contribution in [0.1, 0.15) is 34.8 Å². The van der Waals surface area contributed by atoms with Gasteiger partial charge in [-0.1, -0.05) is 17.4 Å². The summed E-state index contributed by atoms with van der Waals surface area (Å²) in [7, 11) is 1.30. The molecule has 1 aromatic heterocycles. The van der Waals surface area contributed by atoms with Gasteiger partial charge in [0, 0.05) is 5.69 Å². The molecule has 0 bridgehead atoms. The van der Waals surface area contributed by atoms with E-state index >= 15 is 0 Å². The molecule has 0 aliphatic heterocycles. The molecular formula is C15H19N5O3S. The van der Waals surface area contributed by atoms with E-state index in [0.717, 1.165) is 5.56 Å². The minimum atomic E-state index is -0.743. The van der Waals surface area contributed by atoms with Crippen molar-refractivity contribution < 1.29 is 14.3 Å². The lowest BCUT2D eigenvalue weighted by molar-refractivity contribution is 0.0600. The molecule has 0 unspecified atom stereocenters. The molecule has 0 fully saturated rings. The molecule has 0 saturated carbocycles. The van der Waals surface area contributed by atoms with E-state index < -0.39 is 17.5 Å². The third-order valence-corrected chi connectivity index (χ3v) is 4.38. The first-order valence-corrected chi connectivity index (χ1v) is 7.92. The van der Waals surface area contributed by atoms with Crippen molar-refractivity contribution >= 4 is 34.2 Å². The number of hydrogen-bond donors (Lipinski definition) is 3. The van der Waals surface area contributed by atoms with Crippen molar-refractivity contribution in [3.8, 4) is 0 Å². The van der Waals surface area contributed by atoms with Crippen LogP contribution in [-0.4, -0.2) is 29.3 Å². The zero-order chi connectivity index (χ0) is 17.9. The summed E-state index contributed by atoms with van der Waals surface area (Å²) in [5, 5.41) is 14.2. The van der Waals surface area contributed by atoms with Gasteiger partial charge in [0.15, 0.2) is 0 Å². The van der Waals surface area contributed by atoms with E-state index in [4.69, 9.17) is 5.73 Å². The molecule has 128 valence electrons. The zero-order valence-corrected chi connectivity index (χ0v) is 14.7. The fraction of sp³-hybridized carbons (Fsp3) is 0.333. The Labute approximate surface area is 143 Å².